The molecule has 0 saturated carbocycles. The zero-order valence-corrected chi connectivity index (χ0v) is 8.73. The first kappa shape index (κ1) is 9.54. The van der Waals surface area contributed by atoms with Crippen LogP contribution in [0.25, 0.3) is 0 Å². The number of fused-ring (bicyclic) bond motifs is 1. The Morgan fingerprint density at radius 3 is 3.25 bits per heavy atom. The Bertz CT molecular complexity index is 506. The van der Waals surface area contributed by atoms with Crippen LogP contribution in [-0.2, 0) is 6.54 Å². The number of aromatic nitrogens is 2. The first-order chi connectivity index (χ1) is 7.84. The summed E-state index contributed by atoms with van der Waals surface area (Å²) in [6.45, 7) is 1.80. The van der Waals surface area contributed by atoms with E-state index in [1.165, 1.54) is 6.07 Å². The van der Waals surface area contributed by atoms with Crippen molar-refractivity contribution in [1.82, 2.24) is 14.9 Å². The average Bonchev–Trinajstić information content (AvgIpc) is 2.76. The van der Waals surface area contributed by atoms with Crippen molar-refractivity contribution in [3.8, 4) is 0 Å². The van der Waals surface area contributed by atoms with Gasteiger partial charge in [0, 0.05) is 13.1 Å². The van der Waals surface area contributed by atoms with E-state index in [1.807, 2.05) is 18.6 Å². The third-order valence-electron chi connectivity index (χ3n) is 2.92. The highest BCUT2D eigenvalue weighted by Crippen LogP contribution is 2.24. The van der Waals surface area contributed by atoms with Gasteiger partial charge in [0.25, 0.3) is 0 Å². The Balaban J connectivity index is 2.04. The van der Waals surface area contributed by atoms with E-state index in [2.05, 4.69) is 14.9 Å². The van der Waals surface area contributed by atoms with Crippen LogP contribution in [0.4, 0.5) is 4.39 Å². The van der Waals surface area contributed by atoms with Gasteiger partial charge in [-0.1, -0.05) is 12.1 Å². The smallest absolute Gasteiger partial charge is 0.123 e. The molecule has 1 aliphatic heterocycles. The van der Waals surface area contributed by atoms with Crippen LogP contribution in [0.5, 0.6) is 0 Å². The molecule has 0 fully saturated rings. The molecular formula is C12H12FN3. The monoisotopic (exact) mass is 217 g/mol. The second kappa shape index (κ2) is 3.72. The molecule has 1 aliphatic rings. The SMILES string of the molecule is Fc1cccc(C2NCCn3cncc32)c1. The van der Waals surface area contributed by atoms with Gasteiger partial charge in [-0.15, -0.1) is 0 Å². The lowest BCUT2D eigenvalue weighted by atomic mass is 10.0. The summed E-state index contributed by atoms with van der Waals surface area (Å²) in [6, 6.07) is 6.75. The summed E-state index contributed by atoms with van der Waals surface area (Å²) in [5.41, 5.74) is 2.04. The minimum atomic E-state index is -0.198. The Hall–Kier alpha value is -1.68. The molecule has 82 valence electrons. The van der Waals surface area contributed by atoms with E-state index in [0.717, 1.165) is 24.3 Å². The van der Waals surface area contributed by atoms with E-state index in [1.54, 1.807) is 12.1 Å². The Kier molecular flexibility index (Phi) is 2.22. The maximum atomic E-state index is 13.2. The third kappa shape index (κ3) is 1.51. The quantitative estimate of drug-likeness (QED) is 0.788. The van der Waals surface area contributed by atoms with E-state index >= 15 is 0 Å². The van der Waals surface area contributed by atoms with Gasteiger partial charge in [-0.3, -0.25) is 0 Å². The molecule has 0 radical (unpaired) electrons. The summed E-state index contributed by atoms with van der Waals surface area (Å²) < 4.78 is 15.3. The number of nitrogens with one attached hydrogen (secondary N) is 1. The van der Waals surface area contributed by atoms with E-state index in [-0.39, 0.29) is 11.9 Å². The highest BCUT2D eigenvalue weighted by atomic mass is 19.1. The fourth-order valence-corrected chi connectivity index (χ4v) is 2.17. The van der Waals surface area contributed by atoms with Crippen molar-refractivity contribution in [2.24, 2.45) is 0 Å². The van der Waals surface area contributed by atoms with Crippen LogP contribution in [0, 0.1) is 5.82 Å². The highest BCUT2D eigenvalue weighted by molar-refractivity contribution is 5.28. The van der Waals surface area contributed by atoms with Crippen LogP contribution in [-0.4, -0.2) is 16.1 Å². The Labute approximate surface area is 92.9 Å². The molecule has 2 heterocycles. The summed E-state index contributed by atoms with van der Waals surface area (Å²) in [5.74, 6) is -0.198. The first-order valence-electron chi connectivity index (χ1n) is 5.33. The molecule has 1 unspecified atom stereocenters. The van der Waals surface area contributed by atoms with Crippen LogP contribution in [0.1, 0.15) is 17.3 Å². The molecule has 0 spiro atoms. The number of imidazole rings is 1. The van der Waals surface area contributed by atoms with E-state index in [4.69, 9.17) is 0 Å². The van der Waals surface area contributed by atoms with Gasteiger partial charge < -0.3 is 9.88 Å². The molecule has 0 aliphatic carbocycles. The molecule has 4 heteroatoms. The van der Waals surface area contributed by atoms with E-state index in [9.17, 15) is 4.39 Å². The average molecular weight is 217 g/mol. The first-order valence-corrected chi connectivity index (χ1v) is 5.33. The fourth-order valence-electron chi connectivity index (χ4n) is 2.17. The minimum absolute atomic E-state index is 0.0481. The third-order valence-corrected chi connectivity index (χ3v) is 2.92. The second-order valence-corrected chi connectivity index (χ2v) is 3.95. The molecule has 1 atom stereocenters. The second-order valence-electron chi connectivity index (χ2n) is 3.95. The van der Waals surface area contributed by atoms with Gasteiger partial charge in [-0.2, -0.15) is 0 Å². The molecule has 1 N–H and O–H groups in total. The molecule has 1 aromatic carbocycles. The van der Waals surface area contributed by atoms with E-state index < -0.39 is 0 Å². The molecule has 16 heavy (non-hydrogen) atoms. The van der Waals surface area contributed by atoms with Crippen LogP contribution in [0.2, 0.25) is 0 Å². The van der Waals surface area contributed by atoms with Crippen molar-refractivity contribution >= 4 is 0 Å². The van der Waals surface area contributed by atoms with Crippen LogP contribution in [0.3, 0.4) is 0 Å². The summed E-state index contributed by atoms with van der Waals surface area (Å²) in [7, 11) is 0. The Morgan fingerprint density at radius 1 is 1.44 bits per heavy atom. The number of halogens is 1. The predicted molar refractivity (Wildman–Crippen MR) is 58.5 cm³/mol. The van der Waals surface area contributed by atoms with E-state index in [0.29, 0.717) is 0 Å². The zero-order valence-electron chi connectivity index (χ0n) is 8.73. The van der Waals surface area contributed by atoms with Crippen molar-refractivity contribution in [2.75, 3.05) is 6.54 Å². The molecule has 0 saturated heterocycles. The molecule has 2 aromatic rings. The van der Waals surface area contributed by atoms with Crippen molar-refractivity contribution in [1.29, 1.82) is 0 Å². The molecule has 0 bridgehead atoms. The summed E-state index contributed by atoms with van der Waals surface area (Å²) >= 11 is 0. The summed E-state index contributed by atoms with van der Waals surface area (Å²) in [4.78, 5) is 4.13. The lowest BCUT2D eigenvalue weighted by molar-refractivity contribution is 0.465. The molecule has 3 rings (SSSR count). The van der Waals surface area contributed by atoms with Crippen LogP contribution in [0.15, 0.2) is 36.8 Å². The number of nitrogens with zero attached hydrogens (tertiary/aromatic N) is 2. The number of hydrogen-bond acceptors (Lipinski definition) is 2. The standard InChI is InChI=1S/C12H12FN3/c13-10-3-1-2-9(6-10)12-11-7-14-8-16(11)5-4-15-12/h1-3,6-8,12,15H,4-5H2. The topological polar surface area (TPSA) is 29.9 Å². The highest BCUT2D eigenvalue weighted by Gasteiger charge is 2.21. The van der Waals surface area contributed by atoms with Crippen LogP contribution < -0.4 is 5.32 Å². The van der Waals surface area contributed by atoms with Crippen molar-refractivity contribution in [3.63, 3.8) is 0 Å². The van der Waals surface area contributed by atoms with Gasteiger partial charge >= 0.3 is 0 Å². The van der Waals surface area contributed by atoms with Gasteiger partial charge in [0.1, 0.15) is 5.82 Å². The van der Waals surface area contributed by atoms with Crippen molar-refractivity contribution < 1.29 is 4.39 Å². The number of hydrogen-bond donors (Lipinski definition) is 1. The maximum absolute atomic E-state index is 13.2. The van der Waals surface area contributed by atoms with Gasteiger partial charge in [-0.05, 0) is 17.7 Å². The summed E-state index contributed by atoms with van der Waals surface area (Å²) in [6.07, 6.45) is 3.66. The largest absolute Gasteiger partial charge is 0.332 e. The van der Waals surface area contributed by atoms with Crippen molar-refractivity contribution in [3.05, 3.63) is 53.9 Å². The van der Waals surface area contributed by atoms with Gasteiger partial charge in [0.15, 0.2) is 0 Å². The van der Waals surface area contributed by atoms with Crippen LogP contribution >= 0.6 is 0 Å². The fraction of sp³-hybridized carbons (Fsp3) is 0.250. The number of rotatable bonds is 1. The normalized spacial score (nSPS) is 19.4. The van der Waals surface area contributed by atoms with Gasteiger partial charge in [-0.25, -0.2) is 9.37 Å². The predicted octanol–water partition coefficient (Wildman–Crippen LogP) is 1.71. The molecule has 1 aromatic heterocycles. The van der Waals surface area contributed by atoms with Gasteiger partial charge in [0.05, 0.1) is 24.3 Å². The zero-order chi connectivity index (χ0) is 11.0. The molecule has 0 amide bonds. The maximum Gasteiger partial charge on any atom is 0.123 e. The number of benzene rings is 1. The lowest BCUT2D eigenvalue weighted by Gasteiger charge is -2.25. The summed E-state index contributed by atoms with van der Waals surface area (Å²) in [5, 5.41) is 3.38. The molecular weight excluding hydrogens is 205 g/mol. The van der Waals surface area contributed by atoms with Gasteiger partial charge in [0.2, 0.25) is 0 Å². The molecule has 3 nitrogen and oxygen atoms in total. The Morgan fingerprint density at radius 2 is 2.38 bits per heavy atom. The minimum Gasteiger partial charge on any atom is -0.332 e. The lowest BCUT2D eigenvalue weighted by Crippen LogP contribution is -2.33. The van der Waals surface area contributed by atoms with Crippen molar-refractivity contribution in [2.45, 2.75) is 12.6 Å².